The van der Waals surface area contributed by atoms with Crippen molar-refractivity contribution in [2.45, 2.75) is 0 Å². The standard InChI is InChI=1S/C12H14N2/c1-2-10-3-5-12(6-4-10)14-9-11-7-13-8-11/h1,3-6,11,13-14H,7-9H2. The zero-order valence-corrected chi connectivity index (χ0v) is 8.09. The number of benzene rings is 1. The summed E-state index contributed by atoms with van der Waals surface area (Å²) in [6.45, 7) is 3.31. The molecule has 0 unspecified atom stereocenters. The van der Waals surface area contributed by atoms with Crippen LogP contribution in [0.3, 0.4) is 0 Å². The Balaban J connectivity index is 1.86. The SMILES string of the molecule is C#Cc1ccc(NCC2CNC2)cc1. The van der Waals surface area contributed by atoms with E-state index < -0.39 is 0 Å². The summed E-state index contributed by atoms with van der Waals surface area (Å²) < 4.78 is 0. The lowest BCUT2D eigenvalue weighted by atomic mass is 10.0. The van der Waals surface area contributed by atoms with Crippen LogP contribution >= 0.6 is 0 Å². The molecule has 2 heteroatoms. The topological polar surface area (TPSA) is 24.1 Å². The van der Waals surface area contributed by atoms with Crippen molar-refractivity contribution in [3.63, 3.8) is 0 Å². The van der Waals surface area contributed by atoms with E-state index in [1.54, 1.807) is 0 Å². The number of hydrogen-bond donors (Lipinski definition) is 2. The molecule has 0 aliphatic carbocycles. The summed E-state index contributed by atoms with van der Waals surface area (Å²) >= 11 is 0. The van der Waals surface area contributed by atoms with Gasteiger partial charge in [0.25, 0.3) is 0 Å². The molecule has 0 aromatic heterocycles. The Kier molecular flexibility index (Phi) is 2.71. The third-order valence-corrected chi connectivity index (χ3v) is 2.51. The summed E-state index contributed by atoms with van der Waals surface area (Å²) in [6.07, 6.45) is 5.27. The first-order chi connectivity index (χ1) is 6.88. The van der Waals surface area contributed by atoms with Crippen LogP contribution in [0.4, 0.5) is 5.69 Å². The van der Waals surface area contributed by atoms with Crippen molar-refractivity contribution < 1.29 is 0 Å². The van der Waals surface area contributed by atoms with Gasteiger partial charge in [0, 0.05) is 36.8 Å². The predicted octanol–water partition coefficient (Wildman–Crippen LogP) is 1.30. The average molecular weight is 186 g/mol. The van der Waals surface area contributed by atoms with Gasteiger partial charge in [0.15, 0.2) is 0 Å². The van der Waals surface area contributed by atoms with Crippen LogP contribution in [0.15, 0.2) is 24.3 Å². The predicted molar refractivity (Wildman–Crippen MR) is 59.2 cm³/mol. The molecule has 2 rings (SSSR count). The van der Waals surface area contributed by atoms with Gasteiger partial charge in [0.2, 0.25) is 0 Å². The van der Waals surface area contributed by atoms with E-state index in [1.807, 2.05) is 24.3 Å². The highest BCUT2D eigenvalue weighted by molar-refractivity contribution is 5.47. The summed E-state index contributed by atoms with van der Waals surface area (Å²) in [6, 6.07) is 7.98. The largest absolute Gasteiger partial charge is 0.385 e. The molecule has 0 radical (unpaired) electrons. The Labute approximate surface area is 84.7 Å². The highest BCUT2D eigenvalue weighted by Crippen LogP contribution is 2.10. The molecule has 1 aromatic rings. The maximum absolute atomic E-state index is 5.27. The van der Waals surface area contributed by atoms with E-state index in [0.717, 1.165) is 36.8 Å². The molecule has 0 spiro atoms. The van der Waals surface area contributed by atoms with Gasteiger partial charge in [0.05, 0.1) is 0 Å². The fourth-order valence-electron chi connectivity index (χ4n) is 1.44. The maximum atomic E-state index is 5.27. The van der Waals surface area contributed by atoms with Gasteiger partial charge in [-0.25, -0.2) is 0 Å². The summed E-state index contributed by atoms with van der Waals surface area (Å²) in [5, 5.41) is 6.64. The molecule has 72 valence electrons. The van der Waals surface area contributed by atoms with Crippen LogP contribution in [0.2, 0.25) is 0 Å². The molecule has 0 atom stereocenters. The lowest BCUT2D eigenvalue weighted by Crippen LogP contribution is -2.45. The molecule has 2 N–H and O–H groups in total. The monoisotopic (exact) mass is 186 g/mol. The van der Waals surface area contributed by atoms with E-state index in [-0.39, 0.29) is 0 Å². The van der Waals surface area contributed by atoms with Crippen molar-refractivity contribution in [3.8, 4) is 12.3 Å². The minimum absolute atomic E-state index is 0.780. The van der Waals surface area contributed by atoms with Crippen molar-refractivity contribution in [2.24, 2.45) is 5.92 Å². The van der Waals surface area contributed by atoms with E-state index in [1.165, 1.54) is 0 Å². The van der Waals surface area contributed by atoms with E-state index >= 15 is 0 Å². The fraction of sp³-hybridized carbons (Fsp3) is 0.333. The van der Waals surface area contributed by atoms with Gasteiger partial charge in [0.1, 0.15) is 0 Å². The van der Waals surface area contributed by atoms with Gasteiger partial charge in [-0.1, -0.05) is 5.92 Å². The third-order valence-electron chi connectivity index (χ3n) is 2.51. The van der Waals surface area contributed by atoms with Gasteiger partial charge in [-0.05, 0) is 24.3 Å². The van der Waals surface area contributed by atoms with Crippen molar-refractivity contribution >= 4 is 5.69 Å². The quantitative estimate of drug-likeness (QED) is 0.695. The smallest absolute Gasteiger partial charge is 0.0341 e. The molecule has 0 bridgehead atoms. The number of hydrogen-bond acceptors (Lipinski definition) is 2. The van der Waals surface area contributed by atoms with Crippen molar-refractivity contribution in [1.82, 2.24) is 5.32 Å². The zero-order valence-electron chi connectivity index (χ0n) is 8.09. The second-order valence-corrected chi connectivity index (χ2v) is 3.63. The number of terminal acetylenes is 1. The van der Waals surface area contributed by atoms with Crippen LogP contribution in [0.5, 0.6) is 0 Å². The minimum atomic E-state index is 0.780. The Bertz CT molecular complexity index is 330. The number of anilines is 1. The third kappa shape index (κ3) is 2.07. The Morgan fingerprint density at radius 3 is 2.57 bits per heavy atom. The van der Waals surface area contributed by atoms with Crippen molar-refractivity contribution in [2.75, 3.05) is 25.0 Å². The molecule has 1 saturated heterocycles. The minimum Gasteiger partial charge on any atom is -0.385 e. The summed E-state index contributed by atoms with van der Waals surface area (Å²) in [4.78, 5) is 0. The Morgan fingerprint density at radius 2 is 2.07 bits per heavy atom. The first-order valence-electron chi connectivity index (χ1n) is 4.90. The number of nitrogens with one attached hydrogen (secondary N) is 2. The Morgan fingerprint density at radius 1 is 1.36 bits per heavy atom. The average Bonchev–Trinajstić information content (AvgIpc) is 2.16. The van der Waals surface area contributed by atoms with Gasteiger partial charge >= 0.3 is 0 Å². The van der Waals surface area contributed by atoms with Gasteiger partial charge in [-0.2, -0.15) is 0 Å². The fourth-order valence-corrected chi connectivity index (χ4v) is 1.44. The maximum Gasteiger partial charge on any atom is 0.0341 e. The molecule has 2 nitrogen and oxygen atoms in total. The highest BCUT2D eigenvalue weighted by Gasteiger charge is 2.15. The summed E-state index contributed by atoms with van der Waals surface area (Å²) in [7, 11) is 0. The van der Waals surface area contributed by atoms with Crippen LogP contribution in [0, 0.1) is 18.3 Å². The van der Waals surface area contributed by atoms with E-state index in [4.69, 9.17) is 6.42 Å². The molecule has 1 aromatic carbocycles. The summed E-state index contributed by atoms with van der Waals surface area (Å²) in [5.41, 5.74) is 2.08. The first kappa shape index (κ1) is 9.11. The van der Waals surface area contributed by atoms with E-state index in [2.05, 4.69) is 16.6 Å². The lowest BCUT2D eigenvalue weighted by Gasteiger charge is -2.27. The van der Waals surface area contributed by atoms with Gasteiger partial charge < -0.3 is 10.6 Å². The van der Waals surface area contributed by atoms with Gasteiger partial charge in [-0.15, -0.1) is 6.42 Å². The molecule has 1 aliphatic heterocycles. The van der Waals surface area contributed by atoms with Crippen molar-refractivity contribution in [1.29, 1.82) is 0 Å². The van der Waals surface area contributed by atoms with Gasteiger partial charge in [-0.3, -0.25) is 0 Å². The molecule has 0 saturated carbocycles. The molecule has 14 heavy (non-hydrogen) atoms. The lowest BCUT2D eigenvalue weighted by molar-refractivity contribution is 0.365. The molecule has 1 fully saturated rings. The van der Waals surface area contributed by atoms with E-state index in [0.29, 0.717) is 0 Å². The first-order valence-corrected chi connectivity index (χ1v) is 4.90. The zero-order chi connectivity index (χ0) is 9.80. The summed E-state index contributed by atoms with van der Waals surface area (Å²) in [5.74, 6) is 3.38. The second kappa shape index (κ2) is 4.17. The van der Waals surface area contributed by atoms with Crippen molar-refractivity contribution in [3.05, 3.63) is 29.8 Å². The van der Waals surface area contributed by atoms with Crippen LogP contribution in [-0.2, 0) is 0 Å². The molecular weight excluding hydrogens is 172 g/mol. The van der Waals surface area contributed by atoms with Crippen LogP contribution in [-0.4, -0.2) is 19.6 Å². The van der Waals surface area contributed by atoms with Crippen LogP contribution in [0.25, 0.3) is 0 Å². The van der Waals surface area contributed by atoms with Crippen LogP contribution < -0.4 is 10.6 Å². The molecule has 0 amide bonds. The van der Waals surface area contributed by atoms with Crippen LogP contribution in [0.1, 0.15) is 5.56 Å². The van der Waals surface area contributed by atoms with E-state index in [9.17, 15) is 0 Å². The molecular formula is C12H14N2. The molecule has 1 heterocycles. The Hall–Kier alpha value is -1.46. The highest BCUT2D eigenvalue weighted by atomic mass is 15.0. The normalized spacial score (nSPS) is 15.6. The number of rotatable bonds is 3. The second-order valence-electron chi connectivity index (χ2n) is 3.63. The molecule has 1 aliphatic rings.